The van der Waals surface area contributed by atoms with Gasteiger partial charge in [0.25, 0.3) is 0 Å². The first kappa shape index (κ1) is 7.36. The molecule has 0 amide bonds. The van der Waals surface area contributed by atoms with Crippen LogP contribution in [0.5, 0.6) is 5.75 Å². The largest absolute Gasteiger partial charge is 0.467 e. The molecule has 0 spiro atoms. The van der Waals surface area contributed by atoms with Gasteiger partial charge in [-0.15, -0.1) is 0 Å². The van der Waals surface area contributed by atoms with Crippen LogP contribution in [-0.2, 0) is 11.3 Å². The molecule has 0 aromatic heterocycles. The van der Waals surface area contributed by atoms with Crippen molar-refractivity contribution >= 4 is 22.6 Å². The maximum absolute atomic E-state index is 5.28. The predicted molar refractivity (Wildman–Crippen MR) is 49.4 cm³/mol. The Kier molecular flexibility index (Phi) is 2.00. The monoisotopic (exact) mass is 262 g/mol. The summed E-state index contributed by atoms with van der Waals surface area (Å²) in [6.45, 7) is 1.05. The minimum Gasteiger partial charge on any atom is -0.467 e. The van der Waals surface area contributed by atoms with Gasteiger partial charge in [-0.3, -0.25) is 0 Å². The molecule has 58 valence electrons. The Balaban J connectivity index is 2.43. The fourth-order valence-electron chi connectivity index (χ4n) is 1.04. The fourth-order valence-corrected chi connectivity index (χ4v) is 1.50. The average Bonchev–Trinajstić information content (AvgIpc) is 2.04. The summed E-state index contributed by atoms with van der Waals surface area (Å²) < 4.78 is 11.6. The second-order valence-electron chi connectivity index (χ2n) is 2.36. The molecule has 0 fully saturated rings. The molecule has 0 saturated carbocycles. The molecule has 0 aliphatic carbocycles. The highest BCUT2D eigenvalue weighted by Gasteiger charge is 2.09. The molecule has 0 unspecified atom stereocenters. The van der Waals surface area contributed by atoms with Gasteiger partial charge in [-0.25, -0.2) is 0 Å². The van der Waals surface area contributed by atoms with Crippen LogP contribution in [0.25, 0.3) is 0 Å². The molecule has 11 heavy (non-hydrogen) atoms. The quantitative estimate of drug-likeness (QED) is 0.667. The molecule has 1 aliphatic heterocycles. The van der Waals surface area contributed by atoms with Gasteiger partial charge in [-0.05, 0) is 34.7 Å². The maximum atomic E-state index is 5.28. The molecule has 0 N–H and O–H groups in total. The lowest BCUT2D eigenvalue weighted by Crippen LogP contribution is -2.10. The van der Waals surface area contributed by atoms with Gasteiger partial charge >= 0.3 is 0 Å². The molecule has 1 aromatic carbocycles. The van der Waals surface area contributed by atoms with Crippen LogP contribution in [0.15, 0.2) is 18.2 Å². The van der Waals surface area contributed by atoms with E-state index in [1.807, 2.05) is 12.1 Å². The lowest BCUT2D eigenvalue weighted by Gasteiger charge is -2.17. The van der Waals surface area contributed by atoms with Crippen LogP contribution in [0.1, 0.15) is 5.56 Å². The zero-order valence-corrected chi connectivity index (χ0v) is 8.00. The minimum atomic E-state index is 0.382. The Labute approximate surface area is 78.6 Å². The van der Waals surface area contributed by atoms with Gasteiger partial charge in [0.15, 0.2) is 6.79 Å². The van der Waals surface area contributed by atoms with Crippen molar-refractivity contribution < 1.29 is 9.47 Å². The van der Waals surface area contributed by atoms with Crippen LogP contribution < -0.4 is 4.74 Å². The van der Waals surface area contributed by atoms with Crippen molar-refractivity contribution in [3.63, 3.8) is 0 Å². The summed E-state index contributed by atoms with van der Waals surface area (Å²) >= 11 is 2.27. The van der Waals surface area contributed by atoms with E-state index < -0.39 is 0 Å². The molecule has 0 saturated heterocycles. The van der Waals surface area contributed by atoms with Crippen molar-refractivity contribution in [1.29, 1.82) is 0 Å². The van der Waals surface area contributed by atoms with Gasteiger partial charge in [0.2, 0.25) is 0 Å². The third-order valence-corrected chi connectivity index (χ3v) is 2.26. The van der Waals surface area contributed by atoms with Gasteiger partial charge in [0.05, 0.1) is 6.61 Å². The number of halogens is 1. The summed E-state index contributed by atoms with van der Waals surface area (Å²) in [5.41, 5.74) is 1.14. The van der Waals surface area contributed by atoms with Crippen molar-refractivity contribution in [1.82, 2.24) is 0 Å². The van der Waals surface area contributed by atoms with Crippen molar-refractivity contribution in [2.45, 2.75) is 6.61 Å². The van der Waals surface area contributed by atoms with Gasteiger partial charge in [0, 0.05) is 9.13 Å². The number of fused-ring (bicyclic) bond motifs is 1. The third-order valence-electron chi connectivity index (χ3n) is 1.58. The average molecular weight is 262 g/mol. The summed E-state index contributed by atoms with van der Waals surface area (Å²) in [4.78, 5) is 0. The van der Waals surface area contributed by atoms with Crippen LogP contribution >= 0.6 is 22.6 Å². The molecule has 0 bridgehead atoms. The second-order valence-corrected chi connectivity index (χ2v) is 3.61. The van der Waals surface area contributed by atoms with Gasteiger partial charge in [-0.1, -0.05) is 6.07 Å². The first-order valence-corrected chi connectivity index (χ1v) is 4.43. The zero-order chi connectivity index (χ0) is 7.68. The lowest BCUT2D eigenvalue weighted by molar-refractivity contribution is -0.0164. The van der Waals surface area contributed by atoms with Gasteiger partial charge in [-0.2, -0.15) is 0 Å². The Morgan fingerprint density at radius 1 is 1.36 bits per heavy atom. The molecule has 0 atom stereocenters. The summed E-state index contributed by atoms with van der Waals surface area (Å²) in [7, 11) is 0. The third kappa shape index (κ3) is 1.49. The van der Waals surface area contributed by atoms with E-state index in [0.717, 1.165) is 11.3 Å². The molecule has 2 nitrogen and oxygen atoms in total. The zero-order valence-electron chi connectivity index (χ0n) is 5.84. The standard InChI is InChI=1S/C8H7IO2/c9-7-2-1-6-4-10-5-11-8(6)3-7/h1-3H,4-5H2. The summed E-state index contributed by atoms with van der Waals surface area (Å²) in [6.07, 6.45) is 0. The van der Waals surface area contributed by atoms with E-state index in [9.17, 15) is 0 Å². The van der Waals surface area contributed by atoms with Crippen LogP contribution in [0.4, 0.5) is 0 Å². The molecule has 1 aromatic rings. The van der Waals surface area contributed by atoms with Crippen LogP contribution in [0.3, 0.4) is 0 Å². The number of hydrogen-bond donors (Lipinski definition) is 0. The first-order chi connectivity index (χ1) is 5.36. The Morgan fingerprint density at radius 2 is 2.27 bits per heavy atom. The lowest BCUT2D eigenvalue weighted by atomic mass is 10.2. The summed E-state index contributed by atoms with van der Waals surface area (Å²) in [5, 5.41) is 0. The fraction of sp³-hybridized carbons (Fsp3) is 0.250. The number of benzene rings is 1. The molecule has 2 rings (SSSR count). The van der Waals surface area contributed by atoms with Crippen molar-refractivity contribution in [2.24, 2.45) is 0 Å². The van der Waals surface area contributed by atoms with E-state index >= 15 is 0 Å². The molecular formula is C8H7IO2. The number of rotatable bonds is 0. The Bertz CT molecular complexity index is 273. The van der Waals surface area contributed by atoms with Gasteiger partial charge < -0.3 is 9.47 Å². The van der Waals surface area contributed by atoms with Crippen molar-refractivity contribution in [3.8, 4) is 5.75 Å². The minimum absolute atomic E-state index is 0.382. The number of ether oxygens (including phenoxy) is 2. The SMILES string of the molecule is Ic1ccc2c(c1)OCOC2. The van der Waals surface area contributed by atoms with Crippen LogP contribution in [-0.4, -0.2) is 6.79 Å². The summed E-state index contributed by atoms with van der Waals surface area (Å²) in [5.74, 6) is 0.961. The van der Waals surface area contributed by atoms with E-state index in [-0.39, 0.29) is 0 Å². The predicted octanol–water partition coefficient (Wildman–Crippen LogP) is 2.16. The molecule has 1 aliphatic rings. The van der Waals surface area contributed by atoms with Gasteiger partial charge in [0.1, 0.15) is 5.75 Å². The second kappa shape index (κ2) is 2.98. The normalized spacial score (nSPS) is 15.4. The van der Waals surface area contributed by atoms with E-state index in [4.69, 9.17) is 9.47 Å². The van der Waals surface area contributed by atoms with E-state index in [1.54, 1.807) is 0 Å². The topological polar surface area (TPSA) is 18.5 Å². The highest BCUT2D eigenvalue weighted by Crippen LogP contribution is 2.24. The maximum Gasteiger partial charge on any atom is 0.189 e. The molecular weight excluding hydrogens is 255 g/mol. The van der Waals surface area contributed by atoms with Crippen LogP contribution in [0, 0.1) is 3.57 Å². The number of hydrogen-bond acceptors (Lipinski definition) is 2. The highest BCUT2D eigenvalue weighted by molar-refractivity contribution is 14.1. The smallest absolute Gasteiger partial charge is 0.189 e. The van der Waals surface area contributed by atoms with Crippen molar-refractivity contribution in [3.05, 3.63) is 27.3 Å². The molecule has 0 radical (unpaired) electrons. The van der Waals surface area contributed by atoms with Crippen LogP contribution in [0.2, 0.25) is 0 Å². The molecule has 1 heterocycles. The van der Waals surface area contributed by atoms with E-state index in [2.05, 4.69) is 28.7 Å². The molecule has 3 heteroatoms. The Hall–Kier alpha value is -0.290. The highest BCUT2D eigenvalue weighted by atomic mass is 127. The van der Waals surface area contributed by atoms with Crippen molar-refractivity contribution in [2.75, 3.05) is 6.79 Å². The first-order valence-electron chi connectivity index (χ1n) is 3.35. The summed E-state index contributed by atoms with van der Waals surface area (Å²) in [6, 6.07) is 6.12. The Morgan fingerprint density at radius 3 is 3.18 bits per heavy atom. The van der Waals surface area contributed by atoms with E-state index in [0.29, 0.717) is 13.4 Å². The van der Waals surface area contributed by atoms with E-state index in [1.165, 1.54) is 3.57 Å².